The molecule has 0 aromatic carbocycles. The molecule has 0 rings (SSSR count). The number of ether oxygens (including phenoxy) is 12. The Morgan fingerprint density at radius 1 is 0.135 bits per heavy atom. The van der Waals surface area contributed by atoms with Crippen molar-refractivity contribution in [3.8, 4) is 0 Å². The van der Waals surface area contributed by atoms with Gasteiger partial charge in [-0.05, 0) is 154 Å². The molecule has 0 radical (unpaired) electrons. The van der Waals surface area contributed by atoms with Crippen LogP contribution in [0, 0.1) is 0 Å². The monoisotopic (exact) mass is 2050 g/mol. The number of carbonyl (C=O) groups excluding carboxylic acids is 4. The topological polar surface area (TPSA) is 271 Å². The van der Waals surface area contributed by atoms with Crippen LogP contribution in [0.5, 0.6) is 0 Å². The largest absolute Gasteiger partial charge is 4.00 e. The van der Waals surface area contributed by atoms with E-state index >= 15 is 0 Å². The standard InChI is InChI=1S/4C30H60O5.Ti/c4*1-4-7-26-33-30(34-27-8-5-2,35-28-9-6-3)25-23-21-19-17-15-13-11-10-12-14-16-18-20-22-24-29(31)32;/h4*4-28H2,1-3H3,(H,31,32);/q;;;;+4/p-4. The summed E-state index contributed by atoms with van der Waals surface area (Å²) >= 11 is 0. The normalized spacial score (nSPS) is 11.8. The number of unbranched alkanes of at least 4 members (excludes halogenated alkanes) is 64. The van der Waals surface area contributed by atoms with Gasteiger partial charge in [0.2, 0.25) is 0 Å². The minimum absolute atomic E-state index is 0. The zero-order chi connectivity index (χ0) is 104. The number of hydrogen-bond donors (Lipinski definition) is 0. The van der Waals surface area contributed by atoms with Crippen molar-refractivity contribution in [2.24, 2.45) is 0 Å². The first-order valence-corrected chi connectivity index (χ1v) is 60.9. The van der Waals surface area contributed by atoms with Gasteiger partial charge in [0.15, 0.2) is 0 Å². The quantitative estimate of drug-likeness (QED) is 0.0311. The maximum atomic E-state index is 10.4. The van der Waals surface area contributed by atoms with E-state index in [4.69, 9.17) is 56.8 Å². The summed E-state index contributed by atoms with van der Waals surface area (Å²) in [5, 5.41) is 41.5. The van der Waals surface area contributed by atoms with Crippen molar-refractivity contribution in [3.05, 3.63) is 0 Å². The Labute approximate surface area is 887 Å². The minimum Gasteiger partial charge on any atom is -0.550 e. The summed E-state index contributed by atoms with van der Waals surface area (Å²) < 4.78 is 74.7. The van der Waals surface area contributed by atoms with Crippen LogP contribution in [0.15, 0.2) is 0 Å². The summed E-state index contributed by atoms with van der Waals surface area (Å²) in [5.74, 6) is -7.02. The molecule has 0 aromatic heterocycles. The van der Waals surface area contributed by atoms with Crippen LogP contribution in [-0.2, 0) is 97.7 Å². The van der Waals surface area contributed by atoms with Crippen LogP contribution >= 0.6 is 0 Å². The smallest absolute Gasteiger partial charge is 0.550 e. The van der Waals surface area contributed by atoms with Gasteiger partial charge in [-0.25, -0.2) is 0 Å². The first-order chi connectivity index (χ1) is 68.4. The van der Waals surface area contributed by atoms with Crippen molar-refractivity contribution in [2.45, 2.75) is 672 Å². The molecule has 0 aliphatic carbocycles. The predicted octanol–water partition coefficient (Wildman–Crippen LogP) is 32.3. The number of aliphatic carboxylic acids is 4. The van der Waals surface area contributed by atoms with E-state index in [1.54, 1.807) is 0 Å². The third-order valence-corrected chi connectivity index (χ3v) is 26.3. The van der Waals surface area contributed by atoms with Gasteiger partial charge in [-0.2, -0.15) is 0 Å². The molecule has 0 heterocycles. The second kappa shape index (κ2) is 122. The van der Waals surface area contributed by atoms with Crippen molar-refractivity contribution >= 4 is 23.9 Å². The molecule has 0 aliphatic rings. The Hall–Kier alpha value is -1.89. The van der Waals surface area contributed by atoms with E-state index in [1.807, 2.05) is 0 Å². The number of rotatable bonds is 116. The molecule has 0 amide bonds. The molecule has 0 N–H and O–H groups in total. The van der Waals surface area contributed by atoms with Gasteiger partial charge in [-0.15, -0.1) is 0 Å². The SMILES string of the molecule is CCCCOC(CCCCCCCCCCCCCCCCC(=O)[O-])(OCCCC)OCCCC.CCCCOC(CCCCCCCCCCCCCCCCC(=O)[O-])(OCCCC)OCCCC.CCCCOC(CCCCCCCCCCCCCCCCC(=O)[O-])(OCCCC)OCCCC.CCCCOC(CCCCCCCCCCCCCCCCC(=O)[O-])(OCCCC)OCCCC.[Ti+4]. The Kier molecular flexibility index (Phi) is 127. The molecule has 0 bridgehead atoms. The number of hydrogen-bond acceptors (Lipinski definition) is 20. The molecular formula is C120H236O20Ti. The summed E-state index contributed by atoms with van der Waals surface area (Å²) in [7, 11) is 0. The maximum Gasteiger partial charge on any atom is 4.00 e. The van der Waals surface area contributed by atoms with E-state index in [0.29, 0.717) is 79.3 Å². The molecule has 0 aliphatic heterocycles. The Morgan fingerprint density at radius 3 is 0.291 bits per heavy atom. The molecule has 0 aromatic rings. The average Bonchev–Trinajstić information content (AvgIpc) is 0.885. The number of carboxylic acids is 4. The van der Waals surface area contributed by atoms with E-state index in [9.17, 15) is 39.6 Å². The summed E-state index contributed by atoms with van der Waals surface area (Å²) in [4.78, 5) is 41.5. The molecule has 20 nitrogen and oxygen atoms in total. The Bertz CT molecular complexity index is 1980. The van der Waals surface area contributed by atoms with Crippen LogP contribution in [0.2, 0.25) is 0 Å². The maximum absolute atomic E-state index is 10.4. The van der Waals surface area contributed by atoms with Crippen molar-refractivity contribution in [2.75, 3.05) is 79.3 Å². The Morgan fingerprint density at radius 2 is 0.213 bits per heavy atom. The van der Waals surface area contributed by atoms with Gasteiger partial charge in [0.1, 0.15) is 0 Å². The third kappa shape index (κ3) is 114. The molecule has 141 heavy (non-hydrogen) atoms. The van der Waals surface area contributed by atoms with Gasteiger partial charge in [0, 0.05) is 49.6 Å². The second-order valence-electron chi connectivity index (χ2n) is 40.4. The fourth-order valence-electron chi connectivity index (χ4n) is 16.8. The molecular weight excluding hydrogens is 1810 g/mol. The van der Waals surface area contributed by atoms with Crippen molar-refractivity contribution in [3.63, 3.8) is 0 Å². The molecule has 0 fully saturated rings. The fourth-order valence-corrected chi connectivity index (χ4v) is 16.8. The first-order valence-electron chi connectivity index (χ1n) is 60.9. The molecule has 0 spiro atoms. The van der Waals surface area contributed by atoms with Gasteiger partial charge < -0.3 is 96.4 Å². The predicted molar refractivity (Wildman–Crippen MR) is 577 cm³/mol. The Balaban J connectivity index is -0.000000582. The summed E-state index contributed by atoms with van der Waals surface area (Å²) in [5.41, 5.74) is 0. The van der Waals surface area contributed by atoms with Crippen LogP contribution in [0.25, 0.3) is 0 Å². The minimum atomic E-state index is -0.914. The molecule has 0 saturated carbocycles. The summed E-state index contributed by atoms with van der Waals surface area (Å²) in [6.07, 6.45) is 98.3. The van der Waals surface area contributed by atoms with Crippen LogP contribution in [0.3, 0.4) is 0 Å². The molecule has 0 saturated heterocycles. The number of carboxylic acid groups (broad SMARTS) is 4. The third-order valence-electron chi connectivity index (χ3n) is 26.3. The molecule has 0 unspecified atom stereocenters. The van der Waals surface area contributed by atoms with Gasteiger partial charge in [0.25, 0.3) is 23.9 Å². The average molecular weight is 2050 g/mol. The second-order valence-corrected chi connectivity index (χ2v) is 40.4. The van der Waals surface area contributed by atoms with Crippen molar-refractivity contribution in [1.29, 1.82) is 0 Å². The van der Waals surface area contributed by atoms with Gasteiger partial charge in [-0.1, -0.05) is 468 Å². The number of carbonyl (C=O) groups is 4. The fraction of sp³-hybridized carbons (Fsp3) is 0.967. The first kappa shape index (κ1) is 148. The van der Waals surface area contributed by atoms with E-state index in [-0.39, 0.29) is 47.4 Å². The van der Waals surface area contributed by atoms with Gasteiger partial charge in [0.05, 0.1) is 79.3 Å². The molecule has 0 atom stereocenters. The van der Waals surface area contributed by atoms with Gasteiger partial charge >= 0.3 is 21.7 Å². The van der Waals surface area contributed by atoms with Crippen molar-refractivity contribution in [1.82, 2.24) is 0 Å². The summed E-state index contributed by atoms with van der Waals surface area (Å²) in [6, 6.07) is 0. The zero-order valence-corrected chi connectivity index (χ0v) is 96.9. The van der Waals surface area contributed by atoms with Gasteiger partial charge in [-0.3, -0.25) is 0 Å². The zero-order valence-electron chi connectivity index (χ0n) is 95.4. The van der Waals surface area contributed by atoms with E-state index in [0.717, 1.165) is 283 Å². The van der Waals surface area contributed by atoms with Crippen LogP contribution in [0.1, 0.15) is 648 Å². The van der Waals surface area contributed by atoms with Crippen LogP contribution in [-0.4, -0.2) is 127 Å². The van der Waals surface area contributed by atoms with Crippen LogP contribution in [0.4, 0.5) is 0 Å². The van der Waals surface area contributed by atoms with E-state index < -0.39 is 47.8 Å². The van der Waals surface area contributed by atoms with Crippen LogP contribution < -0.4 is 20.4 Å². The summed E-state index contributed by atoms with van der Waals surface area (Å²) in [6.45, 7) is 34.7. The molecule has 840 valence electrons. The van der Waals surface area contributed by atoms with E-state index in [2.05, 4.69) is 83.1 Å². The van der Waals surface area contributed by atoms with Crippen molar-refractivity contribution < 1.29 is 118 Å². The molecule has 21 heteroatoms. The van der Waals surface area contributed by atoms with E-state index in [1.165, 1.54) is 257 Å².